The van der Waals surface area contributed by atoms with Crippen LogP contribution in [0.15, 0.2) is 77.7 Å². The van der Waals surface area contributed by atoms with Gasteiger partial charge < -0.3 is 5.32 Å². The van der Waals surface area contributed by atoms with Gasteiger partial charge in [0.2, 0.25) is 10.0 Å². The SMILES string of the molecule is O=C(NCc1ccc(S(=O)(=O)N2CCCC2)cc1)c1ccc(N2C(=O)c3ccccc3C2=O)cc1. The molecule has 8 nitrogen and oxygen atoms in total. The summed E-state index contributed by atoms with van der Waals surface area (Å²) >= 11 is 0. The minimum atomic E-state index is -3.47. The molecule has 35 heavy (non-hydrogen) atoms. The Labute approximate surface area is 203 Å². The second kappa shape index (κ2) is 9.09. The molecule has 1 N–H and O–H groups in total. The van der Waals surface area contributed by atoms with Gasteiger partial charge in [0.15, 0.2) is 0 Å². The van der Waals surface area contributed by atoms with E-state index in [0.29, 0.717) is 35.5 Å². The van der Waals surface area contributed by atoms with E-state index >= 15 is 0 Å². The fourth-order valence-electron chi connectivity index (χ4n) is 4.33. The van der Waals surface area contributed by atoms with E-state index in [1.807, 2.05) is 0 Å². The summed E-state index contributed by atoms with van der Waals surface area (Å²) < 4.78 is 26.8. The van der Waals surface area contributed by atoms with Crippen molar-refractivity contribution >= 4 is 33.4 Å². The summed E-state index contributed by atoms with van der Waals surface area (Å²) in [5.74, 6) is -1.11. The lowest BCUT2D eigenvalue weighted by Crippen LogP contribution is -2.29. The van der Waals surface area contributed by atoms with Crippen LogP contribution in [0.3, 0.4) is 0 Å². The van der Waals surface area contributed by atoms with E-state index in [1.165, 1.54) is 4.31 Å². The summed E-state index contributed by atoms with van der Waals surface area (Å²) in [6.45, 7) is 1.32. The Kier molecular flexibility index (Phi) is 5.96. The molecule has 0 unspecified atom stereocenters. The first kappa shape index (κ1) is 22.9. The number of benzene rings is 3. The van der Waals surface area contributed by atoms with Gasteiger partial charge in [0.05, 0.1) is 21.7 Å². The molecule has 178 valence electrons. The smallest absolute Gasteiger partial charge is 0.266 e. The maximum Gasteiger partial charge on any atom is 0.266 e. The van der Waals surface area contributed by atoms with Crippen molar-refractivity contribution in [3.05, 3.63) is 95.1 Å². The molecule has 1 fully saturated rings. The quantitative estimate of drug-likeness (QED) is 0.536. The molecule has 0 radical (unpaired) electrons. The summed E-state index contributed by atoms with van der Waals surface area (Å²) in [5, 5.41) is 2.80. The van der Waals surface area contributed by atoms with Crippen LogP contribution in [0, 0.1) is 0 Å². The van der Waals surface area contributed by atoms with Crippen LogP contribution in [0.1, 0.15) is 49.5 Å². The number of anilines is 1. The molecule has 0 aliphatic carbocycles. The van der Waals surface area contributed by atoms with E-state index in [2.05, 4.69) is 5.32 Å². The molecule has 3 amide bonds. The first-order valence-electron chi connectivity index (χ1n) is 11.3. The van der Waals surface area contributed by atoms with Crippen LogP contribution in [0.4, 0.5) is 5.69 Å². The fourth-order valence-corrected chi connectivity index (χ4v) is 5.84. The van der Waals surface area contributed by atoms with Gasteiger partial charge in [0.1, 0.15) is 0 Å². The third-order valence-corrected chi connectivity index (χ3v) is 8.17. The van der Waals surface area contributed by atoms with Crippen molar-refractivity contribution < 1.29 is 22.8 Å². The number of amides is 3. The highest BCUT2D eigenvalue weighted by Crippen LogP contribution is 2.28. The number of rotatable bonds is 6. The molecule has 1 saturated heterocycles. The zero-order chi connectivity index (χ0) is 24.6. The van der Waals surface area contributed by atoms with Crippen LogP contribution >= 0.6 is 0 Å². The van der Waals surface area contributed by atoms with E-state index < -0.39 is 21.8 Å². The maximum atomic E-state index is 12.6. The monoisotopic (exact) mass is 489 g/mol. The Morgan fingerprint density at radius 1 is 0.800 bits per heavy atom. The Balaban J connectivity index is 1.22. The van der Waals surface area contributed by atoms with Crippen molar-refractivity contribution in [2.45, 2.75) is 24.3 Å². The van der Waals surface area contributed by atoms with Crippen LogP contribution in [0.2, 0.25) is 0 Å². The molecule has 3 aromatic carbocycles. The third kappa shape index (κ3) is 4.24. The van der Waals surface area contributed by atoms with E-state index in [0.717, 1.165) is 23.3 Å². The molecule has 0 aromatic heterocycles. The average molecular weight is 490 g/mol. The summed E-state index contributed by atoms with van der Waals surface area (Å²) in [7, 11) is -3.47. The normalized spacial score (nSPS) is 15.9. The number of sulfonamides is 1. The Morgan fingerprint density at radius 3 is 1.94 bits per heavy atom. The van der Waals surface area contributed by atoms with Gasteiger partial charge in [-0.2, -0.15) is 4.31 Å². The maximum absolute atomic E-state index is 12.6. The molecule has 2 aliphatic heterocycles. The molecule has 9 heteroatoms. The van der Waals surface area contributed by atoms with Gasteiger partial charge in [-0.05, 0) is 66.9 Å². The third-order valence-electron chi connectivity index (χ3n) is 6.26. The first-order chi connectivity index (χ1) is 16.9. The van der Waals surface area contributed by atoms with Gasteiger partial charge in [-0.1, -0.05) is 24.3 Å². The van der Waals surface area contributed by atoms with Gasteiger partial charge in [-0.25, -0.2) is 13.3 Å². The number of carbonyl (C=O) groups is 3. The first-order valence-corrected chi connectivity index (χ1v) is 12.8. The number of fused-ring (bicyclic) bond motifs is 1. The zero-order valence-electron chi connectivity index (χ0n) is 18.8. The molecular formula is C26H23N3O5S. The predicted molar refractivity (Wildman–Crippen MR) is 130 cm³/mol. The number of carbonyl (C=O) groups excluding carboxylic acids is 3. The van der Waals surface area contributed by atoms with Crippen LogP contribution in [-0.2, 0) is 16.6 Å². The average Bonchev–Trinajstić information content (AvgIpc) is 3.51. The molecule has 2 heterocycles. The molecule has 0 spiro atoms. The van der Waals surface area contributed by atoms with Gasteiger partial charge in [-0.15, -0.1) is 0 Å². The Morgan fingerprint density at radius 2 is 1.37 bits per heavy atom. The molecule has 3 aromatic rings. The van der Waals surface area contributed by atoms with Crippen molar-refractivity contribution in [2.75, 3.05) is 18.0 Å². The number of imide groups is 1. The minimum absolute atomic E-state index is 0.225. The highest BCUT2D eigenvalue weighted by molar-refractivity contribution is 7.89. The summed E-state index contributed by atoms with van der Waals surface area (Å²) in [6, 6.07) is 19.4. The van der Waals surface area contributed by atoms with Crippen LogP contribution in [-0.4, -0.2) is 43.5 Å². The number of hydrogen-bond acceptors (Lipinski definition) is 5. The Hall–Kier alpha value is -3.82. The minimum Gasteiger partial charge on any atom is -0.348 e. The lowest BCUT2D eigenvalue weighted by atomic mass is 10.1. The van der Waals surface area contributed by atoms with E-state index in [9.17, 15) is 22.8 Å². The summed E-state index contributed by atoms with van der Waals surface area (Å²) in [4.78, 5) is 39.2. The summed E-state index contributed by atoms with van der Waals surface area (Å²) in [6.07, 6.45) is 1.76. The lowest BCUT2D eigenvalue weighted by Gasteiger charge is -2.16. The largest absolute Gasteiger partial charge is 0.348 e. The zero-order valence-corrected chi connectivity index (χ0v) is 19.6. The van der Waals surface area contributed by atoms with Gasteiger partial charge in [0.25, 0.3) is 17.7 Å². The van der Waals surface area contributed by atoms with Crippen LogP contribution in [0.25, 0.3) is 0 Å². The molecule has 5 rings (SSSR count). The number of nitrogens with one attached hydrogen (secondary N) is 1. The van der Waals surface area contributed by atoms with Crippen molar-refractivity contribution in [2.24, 2.45) is 0 Å². The second-order valence-corrected chi connectivity index (χ2v) is 10.4. The van der Waals surface area contributed by atoms with E-state index in [-0.39, 0.29) is 17.3 Å². The van der Waals surface area contributed by atoms with Crippen LogP contribution in [0.5, 0.6) is 0 Å². The number of nitrogens with zero attached hydrogens (tertiary/aromatic N) is 2. The lowest BCUT2D eigenvalue weighted by molar-refractivity contribution is 0.0923. The van der Waals surface area contributed by atoms with E-state index in [4.69, 9.17) is 0 Å². The van der Waals surface area contributed by atoms with Crippen molar-refractivity contribution in [3.63, 3.8) is 0 Å². The van der Waals surface area contributed by atoms with Gasteiger partial charge in [-0.3, -0.25) is 14.4 Å². The van der Waals surface area contributed by atoms with Gasteiger partial charge in [0, 0.05) is 25.2 Å². The van der Waals surface area contributed by atoms with Crippen molar-refractivity contribution in [1.29, 1.82) is 0 Å². The molecular weight excluding hydrogens is 466 g/mol. The fraction of sp³-hybridized carbons (Fsp3) is 0.192. The molecule has 0 bridgehead atoms. The van der Waals surface area contributed by atoms with E-state index in [1.54, 1.807) is 72.8 Å². The predicted octanol–water partition coefficient (Wildman–Crippen LogP) is 3.20. The highest BCUT2D eigenvalue weighted by atomic mass is 32.2. The molecule has 2 aliphatic rings. The number of hydrogen-bond donors (Lipinski definition) is 1. The van der Waals surface area contributed by atoms with Crippen LogP contribution < -0.4 is 10.2 Å². The standard InChI is InChI=1S/C26H23N3O5S/c30-24(27-17-18-7-13-21(14-8-18)35(33,34)28-15-3-4-16-28)19-9-11-20(12-10-19)29-25(31)22-5-1-2-6-23(22)26(29)32/h1-2,5-14H,3-4,15-17H2,(H,27,30). The van der Waals surface area contributed by atoms with Crippen molar-refractivity contribution in [1.82, 2.24) is 9.62 Å². The molecule has 0 atom stereocenters. The van der Waals surface area contributed by atoms with Crippen molar-refractivity contribution in [3.8, 4) is 0 Å². The summed E-state index contributed by atoms with van der Waals surface area (Å²) in [5.41, 5.74) is 2.25. The molecule has 0 saturated carbocycles. The second-order valence-electron chi connectivity index (χ2n) is 8.48. The topological polar surface area (TPSA) is 104 Å². The Bertz CT molecular complexity index is 1380. The van der Waals surface area contributed by atoms with Gasteiger partial charge >= 0.3 is 0 Å². The highest BCUT2D eigenvalue weighted by Gasteiger charge is 2.36.